The molecule has 1 aromatic carbocycles. The monoisotopic (exact) mass is 386 g/mol. The summed E-state index contributed by atoms with van der Waals surface area (Å²) < 4.78 is 0. The number of hydrogen-bond acceptors (Lipinski definition) is 4. The van der Waals surface area contributed by atoms with Crippen LogP contribution in [0.5, 0.6) is 0 Å². The van der Waals surface area contributed by atoms with Gasteiger partial charge in [0.25, 0.3) is 0 Å². The zero-order valence-corrected chi connectivity index (χ0v) is 16.3. The zero-order valence-electron chi connectivity index (χ0n) is 15.6. The number of amides is 1. The van der Waals surface area contributed by atoms with Crippen molar-refractivity contribution in [3.63, 3.8) is 0 Å². The highest BCUT2D eigenvalue weighted by Gasteiger charge is 2.21. The summed E-state index contributed by atoms with van der Waals surface area (Å²) in [6, 6.07) is 7.92. The third-order valence-electron chi connectivity index (χ3n) is 5.87. The fourth-order valence-corrected chi connectivity index (χ4v) is 4.51. The first-order valence-corrected chi connectivity index (χ1v) is 10.4. The van der Waals surface area contributed by atoms with Crippen LogP contribution in [-0.2, 0) is 4.79 Å². The molecule has 1 unspecified atom stereocenters. The molecule has 2 aromatic rings. The van der Waals surface area contributed by atoms with Crippen LogP contribution in [-0.4, -0.2) is 30.0 Å². The van der Waals surface area contributed by atoms with Crippen LogP contribution in [0.3, 0.4) is 0 Å². The summed E-state index contributed by atoms with van der Waals surface area (Å²) >= 11 is 6.39. The van der Waals surface area contributed by atoms with Gasteiger partial charge < -0.3 is 16.0 Å². The third-order valence-corrected chi connectivity index (χ3v) is 6.19. The molecule has 2 heterocycles. The number of carbonyl (C=O) groups is 1. The molecule has 27 heavy (non-hydrogen) atoms. The van der Waals surface area contributed by atoms with Gasteiger partial charge >= 0.3 is 0 Å². The number of carbonyl (C=O) groups excluding carboxylic acids is 1. The summed E-state index contributed by atoms with van der Waals surface area (Å²) in [5, 5.41) is 4.46. The Morgan fingerprint density at radius 1 is 1.22 bits per heavy atom. The van der Waals surface area contributed by atoms with Crippen molar-refractivity contribution in [3.05, 3.63) is 29.3 Å². The maximum Gasteiger partial charge on any atom is 0.224 e. The topological polar surface area (TPSA) is 71.2 Å². The molecule has 1 saturated carbocycles. The number of nitrogens with zero attached hydrogens (tertiary/aromatic N) is 2. The van der Waals surface area contributed by atoms with Crippen molar-refractivity contribution in [2.45, 2.75) is 51.0 Å². The van der Waals surface area contributed by atoms with E-state index in [9.17, 15) is 4.79 Å². The van der Waals surface area contributed by atoms with Gasteiger partial charge in [-0.25, -0.2) is 4.98 Å². The molecule has 1 atom stereocenters. The lowest BCUT2D eigenvalue weighted by Gasteiger charge is -2.18. The number of rotatable bonds is 5. The molecule has 1 amide bonds. The number of pyridine rings is 1. The lowest BCUT2D eigenvalue weighted by atomic mass is 10.0. The average molecular weight is 387 g/mol. The van der Waals surface area contributed by atoms with Gasteiger partial charge in [-0.05, 0) is 43.0 Å². The number of anilines is 2. The number of hydrogen-bond donors (Lipinski definition) is 2. The predicted octanol–water partition coefficient (Wildman–Crippen LogP) is 4.33. The zero-order chi connectivity index (χ0) is 18.8. The van der Waals surface area contributed by atoms with Crippen LogP contribution in [0.25, 0.3) is 10.9 Å². The smallest absolute Gasteiger partial charge is 0.224 e. The highest BCUT2D eigenvalue weighted by atomic mass is 35.5. The minimum atomic E-state index is 0.0332. The highest BCUT2D eigenvalue weighted by molar-refractivity contribution is 6.35. The Balaban J connectivity index is 1.51. The minimum Gasteiger partial charge on any atom is -0.355 e. The van der Waals surface area contributed by atoms with Crippen molar-refractivity contribution in [3.8, 4) is 0 Å². The summed E-state index contributed by atoms with van der Waals surface area (Å²) in [7, 11) is 0. The molecular weight excluding hydrogens is 360 g/mol. The maximum atomic E-state index is 12.5. The third kappa shape index (κ3) is 4.19. The largest absolute Gasteiger partial charge is 0.355 e. The highest BCUT2D eigenvalue weighted by Crippen LogP contribution is 2.33. The fraction of sp³-hybridized carbons (Fsp3) is 0.524. The van der Waals surface area contributed by atoms with E-state index in [2.05, 4.69) is 10.2 Å². The molecule has 144 valence electrons. The first kappa shape index (κ1) is 18.5. The Morgan fingerprint density at radius 3 is 2.78 bits per heavy atom. The number of halogens is 1. The first-order chi connectivity index (χ1) is 13.1. The summed E-state index contributed by atoms with van der Waals surface area (Å²) in [6.07, 6.45) is 7.63. The van der Waals surface area contributed by atoms with E-state index >= 15 is 0 Å². The number of benzene rings is 1. The van der Waals surface area contributed by atoms with Gasteiger partial charge in [0.1, 0.15) is 5.82 Å². The lowest BCUT2D eigenvalue weighted by molar-refractivity contribution is -0.116. The molecule has 3 N–H and O–H groups in total. The molecule has 0 radical (unpaired) electrons. The van der Waals surface area contributed by atoms with Crippen LogP contribution in [0.15, 0.2) is 24.3 Å². The normalized spacial score (nSPS) is 20.5. The first-order valence-electron chi connectivity index (χ1n) is 10.00. The molecular formula is C21H27ClN4O. The van der Waals surface area contributed by atoms with Gasteiger partial charge in [-0.1, -0.05) is 37.3 Å². The van der Waals surface area contributed by atoms with Crippen molar-refractivity contribution in [2.75, 3.05) is 23.3 Å². The summed E-state index contributed by atoms with van der Waals surface area (Å²) in [5.74, 6) is 1.66. The summed E-state index contributed by atoms with van der Waals surface area (Å²) in [6.45, 7) is 1.76. The second-order valence-electron chi connectivity index (χ2n) is 7.89. The van der Waals surface area contributed by atoms with Gasteiger partial charge in [-0.3, -0.25) is 4.79 Å². The van der Waals surface area contributed by atoms with E-state index in [1.54, 1.807) is 0 Å². The van der Waals surface area contributed by atoms with E-state index in [4.69, 9.17) is 22.3 Å². The summed E-state index contributed by atoms with van der Waals surface area (Å²) in [5.41, 5.74) is 7.52. The quantitative estimate of drug-likeness (QED) is 0.802. The molecule has 4 rings (SSSR count). The molecule has 1 saturated heterocycles. The minimum absolute atomic E-state index is 0.0332. The lowest BCUT2D eigenvalue weighted by Crippen LogP contribution is -2.26. The SMILES string of the molecule is NC1CCN(c2ccc3c(NC(=O)CCC4CCCC4)c(Cl)ccc3n2)C1. The Morgan fingerprint density at radius 2 is 2.04 bits per heavy atom. The van der Waals surface area contributed by atoms with E-state index in [1.165, 1.54) is 25.7 Å². The van der Waals surface area contributed by atoms with Crippen LogP contribution in [0, 0.1) is 5.92 Å². The van der Waals surface area contributed by atoms with Crippen molar-refractivity contribution in [1.29, 1.82) is 0 Å². The standard InChI is InChI=1S/C21H27ClN4O/c22-17-7-8-18-16(6-9-19(24-18)26-12-11-15(23)13-26)21(17)25-20(27)10-5-14-3-1-2-4-14/h6-9,14-15H,1-5,10-13,23H2,(H,25,27). The molecule has 2 fully saturated rings. The van der Waals surface area contributed by atoms with Crippen molar-refractivity contribution >= 4 is 39.9 Å². The molecule has 1 aliphatic heterocycles. The van der Waals surface area contributed by atoms with Crippen LogP contribution < -0.4 is 16.0 Å². The maximum absolute atomic E-state index is 12.5. The molecule has 2 aliphatic rings. The second-order valence-corrected chi connectivity index (χ2v) is 8.30. The molecule has 6 heteroatoms. The van der Waals surface area contributed by atoms with Gasteiger partial charge in [0, 0.05) is 30.9 Å². The fourth-order valence-electron chi connectivity index (χ4n) is 4.30. The van der Waals surface area contributed by atoms with E-state index in [0.717, 1.165) is 42.7 Å². The molecule has 0 spiro atoms. The van der Waals surface area contributed by atoms with Crippen LogP contribution >= 0.6 is 11.6 Å². The molecule has 0 bridgehead atoms. The van der Waals surface area contributed by atoms with Gasteiger partial charge in [0.05, 0.1) is 16.2 Å². The van der Waals surface area contributed by atoms with Crippen molar-refractivity contribution < 1.29 is 4.79 Å². The molecule has 5 nitrogen and oxygen atoms in total. The van der Waals surface area contributed by atoms with Crippen molar-refractivity contribution in [2.24, 2.45) is 11.7 Å². The Hall–Kier alpha value is -1.85. The second kappa shape index (κ2) is 8.03. The van der Waals surface area contributed by atoms with Gasteiger partial charge in [-0.15, -0.1) is 0 Å². The van der Waals surface area contributed by atoms with Gasteiger partial charge in [0.2, 0.25) is 5.91 Å². The van der Waals surface area contributed by atoms with Crippen molar-refractivity contribution in [1.82, 2.24) is 4.98 Å². The molecule has 1 aromatic heterocycles. The number of nitrogens with two attached hydrogens (primary N) is 1. The number of fused-ring (bicyclic) bond motifs is 1. The predicted molar refractivity (Wildman–Crippen MR) is 111 cm³/mol. The van der Waals surface area contributed by atoms with E-state index < -0.39 is 0 Å². The summed E-state index contributed by atoms with van der Waals surface area (Å²) in [4.78, 5) is 19.4. The van der Waals surface area contributed by atoms with Gasteiger partial charge in [0.15, 0.2) is 0 Å². The Labute approximate surface area is 165 Å². The van der Waals surface area contributed by atoms with Gasteiger partial charge in [-0.2, -0.15) is 0 Å². The molecule has 1 aliphatic carbocycles. The van der Waals surface area contributed by atoms with Crippen LogP contribution in [0.1, 0.15) is 44.9 Å². The number of aromatic nitrogens is 1. The van der Waals surface area contributed by atoms with Crippen LogP contribution in [0.2, 0.25) is 5.02 Å². The van der Waals surface area contributed by atoms with Crippen LogP contribution in [0.4, 0.5) is 11.5 Å². The van der Waals surface area contributed by atoms with E-state index in [1.807, 2.05) is 24.3 Å². The number of nitrogens with one attached hydrogen (secondary N) is 1. The van der Waals surface area contributed by atoms with E-state index in [-0.39, 0.29) is 11.9 Å². The average Bonchev–Trinajstić information content (AvgIpc) is 3.33. The Kier molecular flexibility index (Phi) is 5.50. The van der Waals surface area contributed by atoms with E-state index in [0.29, 0.717) is 23.0 Å². The Bertz CT molecular complexity index is 834.